The Kier molecular flexibility index (Phi) is 4.37. The minimum absolute atomic E-state index is 0.0771. The second-order valence-electron chi connectivity index (χ2n) is 3.79. The first kappa shape index (κ1) is 12.4. The Balaban J connectivity index is 1.94. The van der Waals surface area contributed by atoms with Gasteiger partial charge >= 0.3 is 0 Å². The highest BCUT2D eigenvalue weighted by molar-refractivity contribution is 9.10. The van der Waals surface area contributed by atoms with E-state index >= 15 is 0 Å². The maximum Gasteiger partial charge on any atom is 0.0992 e. The second-order valence-corrected chi connectivity index (χ2v) is 4.70. The third-order valence-electron chi connectivity index (χ3n) is 2.45. The highest BCUT2D eigenvalue weighted by Gasteiger charge is 2.13. The van der Waals surface area contributed by atoms with Crippen molar-refractivity contribution in [3.8, 4) is 6.07 Å². The number of nitriles is 1. The van der Waals surface area contributed by atoms with Gasteiger partial charge in [-0.1, -0.05) is 15.9 Å². The molecule has 1 unspecified atom stereocenters. The Morgan fingerprint density at radius 3 is 3.00 bits per heavy atom. The number of anilines is 1. The van der Waals surface area contributed by atoms with E-state index < -0.39 is 0 Å². The second kappa shape index (κ2) is 6.01. The van der Waals surface area contributed by atoms with E-state index in [2.05, 4.69) is 27.3 Å². The highest BCUT2D eigenvalue weighted by Crippen LogP contribution is 2.19. The molecule has 1 fully saturated rings. The van der Waals surface area contributed by atoms with Gasteiger partial charge < -0.3 is 14.8 Å². The standard InChI is InChI=1S/C12H13BrN2O2/c13-10-3-9(6-14)4-11(5-10)15-7-12-8-16-1-2-17-12/h3-5,12,15H,1-2,7-8H2. The Hall–Kier alpha value is -1.09. The van der Waals surface area contributed by atoms with Crippen LogP contribution < -0.4 is 5.32 Å². The van der Waals surface area contributed by atoms with Gasteiger partial charge in [0.15, 0.2) is 0 Å². The number of nitrogens with zero attached hydrogens (tertiary/aromatic N) is 1. The number of ether oxygens (including phenoxy) is 2. The van der Waals surface area contributed by atoms with E-state index in [-0.39, 0.29) is 6.10 Å². The molecule has 1 aromatic carbocycles. The average Bonchev–Trinajstić information content (AvgIpc) is 2.37. The zero-order valence-electron chi connectivity index (χ0n) is 9.28. The number of rotatable bonds is 3. The molecule has 5 heteroatoms. The molecule has 0 aromatic heterocycles. The number of benzene rings is 1. The minimum Gasteiger partial charge on any atom is -0.382 e. The molecule has 1 aliphatic rings. The fourth-order valence-corrected chi connectivity index (χ4v) is 2.14. The number of halogens is 1. The van der Waals surface area contributed by atoms with Crippen LogP contribution in [0.5, 0.6) is 0 Å². The van der Waals surface area contributed by atoms with Crippen LogP contribution in [0.1, 0.15) is 5.56 Å². The topological polar surface area (TPSA) is 54.3 Å². The lowest BCUT2D eigenvalue weighted by Gasteiger charge is -2.23. The van der Waals surface area contributed by atoms with Crippen molar-refractivity contribution in [1.82, 2.24) is 0 Å². The van der Waals surface area contributed by atoms with Crippen molar-refractivity contribution in [1.29, 1.82) is 5.26 Å². The Bertz CT molecular complexity index is 425. The third kappa shape index (κ3) is 3.70. The molecule has 2 rings (SSSR count). The lowest BCUT2D eigenvalue weighted by molar-refractivity contribution is -0.0818. The predicted octanol–water partition coefficient (Wildman–Crippen LogP) is 2.15. The quantitative estimate of drug-likeness (QED) is 0.929. The minimum atomic E-state index is 0.0771. The molecule has 1 N–H and O–H groups in total. The first-order chi connectivity index (χ1) is 8.28. The van der Waals surface area contributed by atoms with Crippen molar-refractivity contribution >= 4 is 21.6 Å². The molecule has 0 spiro atoms. The van der Waals surface area contributed by atoms with Crippen LogP contribution in [-0.2, 0) is 9.47 Å². The van der Waals surface area contributed by atoms with Gasteiger partial charge in [-0.25, -0.2) is 0 Å². The molecule has 0 aliphatic carbocycles. The molecule has 0 bridgehead atoms. The van der Waals surface area contributed by atoms with Crippen LogP contribution in [0, 0.1) is 11.3 Å². The molecule has 90 valence electrons. The van der Waals surface area contributed by atoms with Gasteiger partial charge in [0.2, 0.25) is 0 Å². The van der Waals surface area contributed by atoms with Crippen LogP contribution in [0.15, 0.2) is 22.7 Å². The predicted molar refractivity (Wildman–Crippen MR) is 67.9 cm³/mol. The maximum absolute atomic E-state index is 8.86. The summed E-state index contributed by atoms with van der Waals surface area (Å²) in [7, 11) is 0. The number of hydrogen-bond acceptors (Lipinski definition) is 4. The summed E-state index contributed by atoms with van der Waals surface area (Å²) in [5.74, 6) is 0. The SMILES string of the molecule is N#Cc1cc(Br)cc(NCC2COCCO2)c1. The fourth-order valence-electron chi connectivity index (χ4n) is 1.64. The van der Waals surface area contributed by atoms with Crippen molar-refractivity contribution in [2.45, 2.75) is 6.10 Å². The van der Waals surface area contributed by atoms with Gasteiger partial charge in [0.05, 0.1) is 37.6 Å². The van der Waals surface area contributed by atoms with Crippen LogP contribution >= 0.6 is 15.9 Å². The summed E-state index contributed by atoms with van der Waals surface area (Å²) in [6, 6.07) is 7.65. The summed E-state index contributed by atoms with van der Waals surface area (Å²) < 4.78 is 11.7. The summed E-state index contributed by atoms with van der Waals surface area (Å²) >= 11 is 3.37. The van der Waals surface area contributed by atoms with E-state index in [4.69, 9.17) is 14.7 Å². The van der Waals surface area contributed by atoms with Crippen LogP contribution in [0.2, 0.25) is 0 Å². The number of nitrogens with one attached hydrogen (secondary N) is 1. The van der Waals surface area contributed by atoms with Crippen LogP contribution in [-0.4, -0.2) is 32.5 Å². The van der Waals surface area contributed by atoms with Gasteiger partial charge in [0, 0.05) is 16.7 Å². The summed E-state index contributed by atoms with van der Waals surface area (Å²) in [4.78, 5) is 0. The summed E-state index contributed by atoms with van der Waals surface area (Å²) in [6.45, 7) is 2.62. The van der Waals surface area contributed by atoms with Crippen molar-refractivity contribution < 1.29 is 9.47 Å². The van der Waals surface area contributed by atoms with Crippen molar-refractivity contribution in [3.63, 3.8) is 0 Å². The Labute approximate surface area is 109 Å². The van der Waals surface area contributed by atoms with Crippen molar-refractivity contribution in [2.75, 3.05) is 31.7 Å². The average molecular weight is 297 g/mol. The molecule has 4 nitrogen and oxygen atoms in total. The molecule has 1 atom stereocenters. The molecule has 0 amide bonds. The molecule has 17 heavy (non-hydrogen) atoms. The molecule has 0 radical (unpaired) electrons. The van der Waals surface area contributed by atoms with Gasteiger partial charge in [-0.05, 0) is 18.2 Å². The van der Waals surface area contributed by atoms with E-state index in [1.807, 2.05) is 12.1 Å². The summed E-state index contributed by atoms with van der Waals surface area (Å²) in [6.07, 6.45) is 0.0771. The van der Waals surface area contributed by atoms with E-state index in [0.717, 1.165) is 10.2 Å². The molecule has 1 aliphatic heterocycles. The van der Waals surface area contributed by atoms with Gasteiger partial charge in [-0.3, -0.25) is 0 Å². The number of hydrogen-bond donors (Lipinski definition) is 1. The van der Waals surface area contributed by atoms with Crippen molar-refractivity contribution in [2.24, 2.45) is 0 Å². The van der Waals surface area contributed by atoms with E-state index in [0.29, 0.717) is 31.9 Å². The molecular weight excluding hydrogens is 284 g/mol. The molecule has 1 heterocycles. The van der Waals surface area contributed by atoms with Crippen LogP contribution in [0.25, 0.3) is 0 Å². The molecule has 1 aromatic rings. The van der Waals surface area contributed by atoms with Crippen molar-refractivity contribution in [3.05, 3.63) is 28.2 Å². The smallest absolute Gasteiger partial charge is 0.0992 e. The zero-order valence-corrected chi connectivity index (χ0v) is 10.9. The van der Waals surface area contributed by atoms with E-state index in [9.17, 15) is 0 Å². The molecule has 1 saturated heterocycles. The van der Waals surface area contributed by atoms with Gasteiger partial charge in [-0.15, -0.1) is 0 Å². The molecule has 0 saturated carbocycles. The van der Waals surface area contributed by atoms with Gasteiger partial charge in [0.1, 0.15) is 0 Å². The van der Waals surface area contributed by atoms with E-state index in [1.54, 1.807) is 6.07 Å². The monoisotopic (exact) mass is 296 g/mol. The lowest BCUT2D eigenvalue weighted by Crippen LogP contribution is -2.34. The normalized spacial score (nSPS) is 19.6. The molecular formula is C12H13BrN2O2. The first-order valence-corrected chi connectivity index (χ1v) is 6.21. The first-order valence-electron chi connectivity index (χ1n) is 5.42. The Morgan fingerprint density at radius 2 is 2.29 bits per heavy atom. The van der Waals surface area contributed by atoms with Crippen LogP contribution in [0.3, 0.4) is 0 Å². The summed E-state index contributed by atoms with van der Waals surface area (Å²) in [5, 5.41) is 12.1. The zero-order chi connectivity index (χ0) is 12.1. The third-order valence-corrected chi connectivity index (χ3v) is 2.90. The Morgan fingerprint density at radius 1 is 1.41 bits per heavy atom. The van der Waals surface area contributed by atoms with E-state index in [1.165, 1.54) is 0 Å². The van der Waals surface area contributed by atoms with Crippen LogP contribution in [0.4, 0.5) is 5.69 Å². The highest BCUT2D eigenvalue weighted by atomic mass is 79.9. The van der Waals surface area contributed by atoms with Gasteiger partial charge in [0.25, 0.3) is 0 Å². The fraction of sp³-hybridized carbons (Fsp3) is 0.417. The maximum atomic E-state index is 8.86. The lowest BCUT2D eigenvalue weighted by atomic mass is 10.2. The summed E-state index contributed by atoms with van der Waals surface area (Å²) in [5.41, 5.74) is 1.53. The van der Waals surface area contributed by atoms with Gasteiger partial charge in [-0.2, -0.15) is 5.26 Å². The largest absolute Gasteiger partial charge is 0.382 e.